The van der Waals surface area contributed by atoms with Gasteiger partial charge in [0.1, 0.15) is 17.1 Å². The standard InChI is InChI=1S/C16H15ClF3NO3/c1-3-24-16(23)9(6-21-8-4-5-8)15(22)10-11(17)14(20)13(19)7(2)12(10)18/h6,8,22H,3-5H2,1-2H3/b15-9-,21-6?. The van der Waals surface area contributed by atoms with Crippen LogP contribution < -0.4 is 0 Å². The van der Waals surface area contributed by atoms with Gasteiger partial charge in [0, 0.05) is 11.8 Å². The van der Waals surface area contributed by atoms with Gasteiger partial charge in [-0.3, -0.25) is 4.99 Å². The predicted molar refractivity (Wildman–Crippen MR) is 83.8 cm³/mol. The predicted octanol–water partition coefficient (Wildman–Crippen LogP) is 4.13. The van der Waals surface area contributed by atoms with E-state index in [1.54, 1.807) is 6.92 Å². The number of halogens is 4. The molecule has 0 atom stereocenters. The summed E-state index contributed by atoms with van der Waals surface area (Å²) in [5, 5.41) is 9.32. The summed E-state index contributed by atoms with van der Waals surface area (Å²) in [5.74, 6) is -6.17. The summed E-state index contributed by atoms with van der Waals surface area (Å²) in [6.07, 6.45) is 2.69. The molecule has 1 fully saturated rings. The number of aliphatic imine (C=N–C) groups is 1. The Labute approximate surface area is 141 Å². The zero-order valence-corrected chi connectivity index (χ0v) is 13.8. The van der Waals surface area contributed by atoms with Crippen LogP contribution in [0.5, 0.6) is 0 Å². The Morgan fingerprint density at radius 2 is 1.96 bits per heavy atom. The molecule has 0 amide bonds. The van der Waals surface area contributed by atoms with Gasteiger partial charge in [0.05, 0.1) is 23.2 Å². The second-order valence-electron chi connectivity index (χ2n) is 5.25. The first-order valence-electron chi connectivity index (χ1n) is 7.26. The topological polar surface area (TPSA) is 58.9 Å². The first-order valence-corrected chi connectivity index (χ1v) is 7.63. The molecule has 0 radical (unpaired) electrons. The number of aliphatic hydroxyl groups is 1. The molecule has 0 bridgehead atoms. The van der Waals surface area contributed by atoms with Crippen molar-refractivity contribution < 1.29 is 27.8 Å². The Bertz CT molecular complexity index is 714. The van der Waals surface area contributed by atoms with Crippen LogP contribution in [0.2, 0.25) is 5.02 Å². The number of benzene rings is 1. The van der Waals surface area contributed by atoms with E-state index in [0.717, 1.165) is 26.0 Å². The van der Waals surface area contributed by atoms with Crippen LogP contribution >= 0.6 is 11.6 Å². The lowest BCUT2D eigenvalue weighted by Gasteiger charge is -2.12. The number of rotatable bonds is 5. The molecule has 2 rings (SSSR count). The molecule has 1 saturated carbocycles. The van der Waals surface area contributed by atoms with Crippen molar-refractivity contribution in [1.82, 2.24) is 0 Å². The first-order chi connectivity index (χ1) is 11.3. The van der Waals surface area contributed by atoms with Crippen molar-refractivity contribution in [3.05, 3.63) is 39.2 Å². The maximum absolute atomic E-state index is 14.3. The lowest BCUT2D eigenvalue weighted by atomic mass is 10.0. The van der Waals surface area contributed by atoms with Gasteiger partial charge in [-0.2, -0.15) is 0 Å². The number of nitrogens with zero attached hydrogens (tertiary/aromatic N) is 1. The molecule has 1 aromatic carbocycles. The van der Waals surface area contributed by atoms with E-state index < -0.39 is 50.9 Å². The van der Waals surface area contributed by atoms with E-state index in [2.05, 4.69) is 4.99 Å². The normalized spacial score (nSPS) is 15.6. The van der Waals surface area contributed by atoms with Crippen molar-refractivity contribution >= 4 is 29.5 Å². The van der Waals surface area contributed by atoms with Gasteiger partial charge >= 0.3 is 5.97 Å². The Morgan fingerprint density at radius 1 is 1.33 bits per heavy atom. The van der Waals surface area contributed by atoms with Crippen molar-refractivity contribution in [1.29, 1.82) is 0 Å². The van der Waals surface area contributed by atoms with Crippen molar-refractivity contribution in [3.8, 4) is 0 Å². The van der Waals surface area contributed by atoms with Crippen LogP contribution in [0, 0.1) is 24.4 Å². The fourth-order valence-electron chi connectivity index (χ4n) is 1.92. The van der Waals surface area contributed by atoms with Crippen LogP contribution in [-0.4, -0.2) is 29.9 Å². The molecule has 1 aliphatic carbocycles. The molecule has 8 heteroatoms. The summed E-state index contributed by atoms with van der Waals surface area (Å²) in [7, 11) is 0. The minimum atomic E-state index is -1.51. The maximum Gasteiger partial charge on any atom is 0.343 e. The molecular formula is C16H15ClF3NO3. The molecule has 1 aromatic rings. The van der Waals surface area contributed by atoms with Crippen molar-refractivity contribution in [2.45, 2.75) is 32.7 Å². The van der Waals surface area contributed by atoms with Gasteiger partial charge in [0.15, 0.2) is 11.6 Å². The van der Waals surface area contributed by atoms with E-state index in [0.29, 0.717) is 0 Å². The van der Waals surface area contributed by atoms with Gasteiger partial charge in [0.25, 0.3) is 0 Å². The minimum absolute atomic E-state index is 0.0000963. The van der Waals surface area contributed by atoms with Crippen molar-refractivity contribution in [2.75, 3.05) is 6.61 Å². The monoisotopic (exact) mass is 361 g/mol. The molecule has 4 nitrogen and oxygen atoms in total. The number of aliphatic hydroxyl groups excluding tert-OH is 1. The quantitative estimate of drug-likeness (QED) is 0.214. The summed E-state index contributed by atoms with van der Waals surface area (Å²) >= 11 is 5.63. The number of carbonyl (C=O) groups excluding carboxylic acids is 1. The SMILES string of the molecule is CCOC(=O)/C(C=NC1CC1)=C(\O)c1c(F)c(C)c(F)c(F)c1Cl. The van der Waals surface area contributed by atoms with Crippen LogP contribution in [0.4, 0.5) is 13.2 Å². The van der Waals surface area contributed by atoms with E-state index in [1.807, 2.05) is 0 Å². The minimum Gasteiger partial charge on any atom is -0.506 e. The highest BCUT2D eigenvalue weighted by molar-refractivity contribution is 6.33. The second-order valence-corrected chi connectivity index (χ2v) is 5.63. The lowest BCUT2D eigenvalue weighted by molar-refractivity contribution is -0.137. The van der Waals surface area contributed by atoms with E-state index in [1.165, 1.54) is 0 Å². The molecule has 130 valence electrons. The molecule has 24 heavy (non-hydrogen) atoms. The maximum atomic E-state index is 14.3. The lowest BCUT2D eigenvalue weighted by Crippen LogP contribution is -2.13. The Hall–Kier alpha value is -2.02. The van der Waals surface area contributed by atoms with Gasteiger partial charge in [0.2, 0.25) is 0 Å². The Morgan fingerprint density at radius 3 is 2.50 bits per heavy atom. The van der Waals surface area contributed by atoms with Crippen LogP contribution in [0.1, 0.15) is 30.9 Å². The van der Waals surface area contributed by atoms with Crippen molar-refractivity contribution in [3.63, 3.8) is 0 Å². The van der Waals surface area contributed by atoms with Crippen molar-refractivity contribution in [2.24, 2.45) is 4.99 Å². The number of hydrogen-bond acceptors (Lipinski definition) is 4. The van der Waals surface area contributed by atoms with Gasteiger partial charge < -0.3 is 9.84 Å². The third-order valence-electron chi connectivity index (χ3n) is 3.43. The zero-order valence-electron chi connectivity index (χ0n) is 13.0. The number of esters is 1. The molecule has 0 heterocycles. The van der Waals surface area contributed by atoms with Crippen LogP contribution in [0.3, 0.4) is 0 Å². The molecule has 1 aliphatic rings. The summed E-state index contributed by atoms with van der Waals surface area (Å²) < 4.78 is 46.4. The van der Waals surface area contributed by atoms with Gasteiger partial charge in [-0.25, -0.2) is 18.0 Å². The van der Waals surface area contributed by atoms with E-state index in [4.69, 9.17) is 16.3 Å². The van der Waals surface area contributed by atoms with Gasteiger partial charge in [-0.1, -0.05) is 11.6 Å². The summed E-state index contributed by atoms with van der Waals surface area (Å²) in [6.45, 7) is 2.53. The summed E-state index contributed by atoms with van der Waals surface area (Å²) in [4.78, 5) is 16.0. The molecule has 0 aliphatic heterocycles. The fourth-order valence-corrected chi connectivity index (χ4v) is 2.17. The van der Waals surface area contributed by atoms with Gasteiger partial charge in [-0.15, -0.1) is 0 Å². The molecule has 0 aromatic heterocycles. The number of carbonyl (C=O) groups is 1. The van der Waals surface area contributed by atoms with Crippen LogP contribution in [0.25, 0.3) is 5.76 Å². The smallest absolute Gasteiger partial charge is 0.343 e. The molecule has 1 N–H and O–H groups in total. The fraction of sp³-hybridized carbons (Fsp3) is 0.375. The molecular weight excluding hydrogens is 347 g/mol. The summed E-state index contributed by atoms with van der Waals surface area (Å²) in [6, 6.07) is 0.00855. The average Bonchev–Trinajstić information content (AvgIpc) is 3.36. The zero-order chi connectivity index (χ0) is 18.0. The largest absolute Gasteiger partial charge is 0.506 e. The van der Waals surface area contributed by atoms with E-state index >= 15 is 0 Å². The van der Waals surface area contributed by atoms with Gasteiger partial charge in [-0.05, 0) is 26.7 Å². The Balaban J connectivity index is 2.64. The number of hydrogen-bond donors (Lipinski definition) is 1. The molecule has 0 unspecified atom stereocenters. The first kappa shape index (κ1) is 18.3. The Kier molecular flexibility index (Phi) is 5.54. The highest BCUT2D eigenvalue weighted by atomic mass is 35.5. The highest BCUT2D eigenvalue weighted by Gasteiger charge is 2.28. The van der Waals surface area contributed by atoms with Crippen LogP contribution in [0.15, 0.2) is 10.6 Å². The third-order valence-corrected chi connectivity index (χ3v) is 3.79. The molecule has 0 saturated heterocycles. The third kappa shape index (κ3) is 3.56. The van der Waals surface area contributed by atoms with Crippen LogP contribution in [-0.2, 0) is 9.53 Å². The number of ether oxygens (including phenoxy) is 1. The summed E-state index contributed by atoms with van der Waals surface area (Å²) in [5.41, 5.74) is -1.95. The van der Waals surface area contributed by atoms with E-state index in [9.17, 15) is 23.1 Å². The second kappa shape index (κ2) is 7.25. The van der Waals surface area contributed by atoms with E-state index in [-0.39, 0.29) is 12.6 Å². The molecule has 0 spiro atoms. The average molecular weight is 362 g/mol. The highest BCUT2D eigenvalue weighted by Crippen LogP contribution is 2.34.